The minimum atomic E-state index is -0.861. The first-order chi connectivity index (χ1) is 8.56. The van der Waals surface area contributed by atoms with E-state index in [1.807, 2.05) is 11.5 Å². The summed E-state index contributed by atoms with van der Waals surface area (Å²) in [5.74, 6) is -2.00. The number of nitrogens with zero attached hydrogens (tertiary/aromatic N) is 3. The van der Waals surface area contributed by atoms with Crippen LogP contribution in [0.15, 0.2) is 24.8 Å². The summed E-state index contributed by atoms with van der Waals surface area (Å²) < 4.78 is 28.2. The Balaban J connectivity index is 2.07. The van der Waals surface area contributed by atoms with E-state index >= 15 is 0 Å². The SMILES string of the molecule is CC(Cn1ccnc1)Nc1nc(N)c(F)cc1F. The van der Waals surface area contributed by atoms with Crippen molar-refractivity contribution < 1.29 is 8.78 Å². The first-order valence-corrected chi connectivity index (χ1v) is 5.40. The summed E-state index contributed by atoms with van der Waals surface area (Å²) in [6.45, 7) is 2.43. The van der Waals surface area contributed by atoms with Crippen LogP contribution in [0.3, 0.4) is 0 Å². The lowest BCUT2D eigenvalue weighted by molar-refractivity contribution is 0.569. The summed E-state index contributed by atoms with van der Waals surface area (Å²) in [6, 6.07) is 0.611. The van der Waals surface area contributed by atoms with Crippen LogP contribution in [0.5, 0.6) is 0 Å². The number of nitrogens with two attached hydrogens (primary N) is 1. The van der Waals surface area contributed by atoms with Crippen molar-refractivity contribution in [2.24, 2.45) is 0 Å². The lowest BCUT2D eigenvalue weighted by atomic mass is 10.3. The second kappa shape index (κ2) is 4.99. The van der Waals surface area contributed by atoms with Crippen molar-refractivity contribution in [1.29, 1.82) is 0 Å². The first-order valence-electron chi connectivity index (χ1n) is 5.40. The molecule has 0 bridgehead atoms. The number of hydrogen-bond donors (Lipinski definition) is 2. The number of anilines is 2. The van der Waals surface area contributed by atoms with Crippen LogP contribution in [0.25, 0.3) is 0 Å². The second-order valence-corrected chi connectivity index (χ2v) is 3.99. The van der Waals surface area contributed by atoms with Crippen LogP contribution in [0.2, 0.25) is 0 Å². The molecule has 7 heteroatoms. The molecular weight excluding hydrogens is 240 g/mol. The smallest absolute Gasteiger partial charge is 0.168 e. The number of hydrogen-bond acceptors (Lipinski definition) is 4. The zero-order valence-corrected chi connectivity index (χ0v) is 9.77. The molecule has 2 heterocycles. The molecule has 0 amide bonds. The molecule has 5 nitrogen and oxygen atoms in total. The summed E-state index contributed by atoms with van der Waals surface area (Å²) in [4.78, 5) is 7.53. The molecule has 0 radical (unpaired) electrons. The van der Waals surface area contributed by atoms with Gasteiger partial charge in [-0.25, -0.2) is 18.7 Å². The molecule has 18 heavy (non-hydrogen) atoms. The van der Waals surface area contributed by atoms with Gasteiger partial charge in [0.05, 0.1) is 6.33 Å². The molecule has 2 aromatic rings. The molecule has 2 aromatic heterocycles. The Morgan fingerprint density at radius 1 is 1.44 bits per heavy atom. The highest BCUT2D eigenvalue weighted by Gasteiger charge is 2.12. The van der Waals surface area contributed by atoms with Gasteiger partial charge in [0.2, 0.25) is 0 Å². The van der Waals surface area contributed by atoms with Gasteiger partial charge in [0.1, 0.15) is 0 Å². The number of pyridine rings is 1. The van der Waals surface area contributed by atoms with E-state index in [0.29, 0.717) is 12.6 Å². The monoisotopic (exact) mass is 253 g/mol. The van der Waals surface area contributed by atoms with E-state index in [2.05, 4.69) is 15.3 Å². The number of nitrogens with one attached hydrogen (secondary N) is 1. The third kappa shape index (κ3) is 2.73. The minimum Gasteiger partial charge on any atom is -0.381 e. The van der Waals surface area contributed by atoms with Gasteiger partial charge in [-0.2, -0.15) is 0 Å². The zero-order valence-electron chi connectivity index (χ0n) is 9.77. The maximum Gasteiger partial charge on any atom is 0.168 e. The lowest BCUT2D eigenvalue weighted by Gasteiger charge is -2.15. The zero-order chi connectivity index (χ0) is 13.1. The summed E-state index contributed by atoms with van der Waals surface area (Å²) >= 11 is 0. The predicted molar refractivity (Wildman–Crippen MR) is 63.9 cm³/mol. The Labute approximate surface area is 103 Å². The van der Waals surface area contributed by atoms with Crippen molar-refractivity contribution in [3.63, 3.8) is 0 Å². The minimum absolute atomic E-state index is 0.0542. The van der Waals surface area contributed by atoms with Gasteiger partial charge in [-0.05, 0) is 6.92 Å². The molecule has 96 valence electrons. The van der Waals surface area contributed by atoms with Crippen LogP contribution in [0, 0.1) is 11.6 Å². The van der Waals surface area contributed by atoms with Crippen molar-refractivity contribution in [1.82, 2.24) is 14.5 Å². The fourth-order valence-electron chi connectivity index (χ4n) is 1.57. The number of aromatic nitrogens is 3. The second-order valence-electron chi connectivity index (χ2n) is 3.99. The van der Waals surface area contributed by atoms with Gasteiger partial charge < -0.3 is 15.6 Å². The molecule has 0 fully saturated rings. The molecule has 0 saturated carbocycles. The van der Waals surface area contributed by atoms with E-state index in [1.54, 1.807) is 18.7 Å². The van der Waals surface area contributed by atoms with Crippen molar-refractivity contribution in [3.8, 4) is 0 Å². The highest BCUT2D eigenvalue weighted by molar-refractivity contribution is 5.45. The van der Waals surface area contributed by atoms with Gasteiger partial charge in [-0.3, -0.25) is 0 Å². The predicted octanol–water partition coefficient (Wildman–Crippen LogP) is 1.64. The van der Waals surface area contributed by atoms with E-state index in [9.17, 15) is 8.78 Å². The van der Waals surface area contributed by atoms with Crippen molar-refractivity contribution in [2.45, 2.75) is 19.5 Å². The normalized spacial score (nSPS) is 12.4. The topological polar surface area (TPSA) is 68.8 Å². The van der Waals surface area contributed by atoms with Crippen LogP contribution in [0.1, 0.15) is 6.92 Å². The molecule has 0 saturated heterocycles. The third-order valence-corrected chi connectivity index (χ3v) is 2.38. The molecule has 1 unspecified atom stereocenters. The van der Waals surface area contributed by atoms with E-state index in [0.717, 1.165) is 0 Å². The van der Waals surface area contributed by atoms with Crippen molar-refractivity contribution >= 4 is 11.6 Å². The van der Waals surface area contributed by atoms with Crippen LogP contribution >= 0.6 is 0 Å². The molecule has 1 atom stereocenters. The van der Waals surface area contributed by atoms with Gasteiger partial charge in [0.15, 0.2) is 23.3 Å². The van der Waals surface area contributed by atoms with E-state index in [1.165, 1.54) is 0 Å². The molecule has 0 aromatic carbocycles. The van der Waals surface area contributed by atoms with Gasteiger partial charge in [-0.15, -0.1) is 0 Å². The number of imidazole rings is 1. The van der Waals surface area contributed by atoms with E-state index in [4.69, 9.17) is 5.73 Å². The lowest BCUT2D eigenvalue weighted by Crippen LogP contribution is -2.23. The average Bonchev–Trinajstić information content (AvgIpc) is 2.78. The summed E-state index contributed by atoms with van der Waals surface area (Å²) in [7, 11) is 0. The summed E-state index contributed by atoms with van der Waals surface area (Å²) in [6.07, 6.45) is 5.10. The fourth-order valence-corrected chi connectivity index (χ4v) is 1.57. The van der Waals surface area contributed by atoms with E-state index < -0.39 is 11.6 Å². The first kappa shape index (κ1) is 12.3. The molecule has 2 rings (SSSR count). The number of rotatable bonds is 4. The molecular formula is C11H13F2N5. The van der Waals surface area contributed by atoms with Gasteiger partial charge >= 0.3 is 0 Å². The Hall–Kier alpha value is -2.18. The maximum atomic E-state index is 13.4. The molecule has 0 aliphatic rings. The Morgan fingerprint density at radius 2 is 2.22 bits per heavy atom. The van der Waals surface area contributed by atoms with Crippen molar-refractivity contribution in [2.75, 3.05) is 11.1 Å². The van der Waals surface area contributed by atoms with Crippen LogP contribution in [-0.4, -0.2) is 20.6 Å². The van der Waals surface area contributed by atoms with Gasteiger partial charge in [-0.1, -0.05) is 0 Å². The Bertz CT molecular complexity index is 526. The van der Waals surface area contributed by atoms with Crippen LogP contribution in [-0.2, 0) is 6.54 Å². The number of halogens is 2. The highest BCUT2D eigenvalue weighted by Crippen LogP contribution is 2.17. The molecule has 0 aliphatic heterocycles. The van der Waals surface area contributed by atoms with Gasteiger partial charge in [0, 0.05) is 31.0 Å². The fraction of sp³-hybridized carbons (Fsp3) is 0.273. The van der Waals surface area contributed by atoms with Gasteiger partial charge in [0.25, 0.3) is 0 Å². The standard InChI is InChI=1S/C11H13F2N5/c1-7(5-18-3-2-15-6-18)16-11-9(13)4-8(12)10(14)17-11/h2-4,6-7H,5H2,1H3,(H3,14,16,17). The molecule has 3 N–H and O–H groups in total. The Kier molecular flexibility index (Phi) is 3.40. The van der Waals surface area contributed by atoms with Crippen LogP contribution < -0.4 is 11.1 Å². The summed E-state index contributed by atoms with van der Waals surface area (Å²) in [5.41, 5.74) is 5.29. The average molecular weight is 253 g/mol. The highest BCUT2D eigenvalue weighted by atomic mass is 19.1. The maximum absolute atomic E-state index is 13.4. The summed E-state index contributed by atoms with van der Waals surface area (Å²) in [5, 5.41) is 2.84. The quantitative estimate of drug-likeness (QED) is 0.869. The van der Waals surface area contributed by atoms with Crippen LogP contribution in [0.4, 0.5) is 20.4 Å². The number of nitrogen functional groups attached to an aromatic ring is 1. The van der Waals surface area contributed by atoms with Crippen molar-refractivity contribution in [3.05, 3.63) is 36.4 Å². The Morgan fingerprint density at radius 3 is 2.89 bits per heavy atom. The third-order valence-electron chi connectivity index (χ3n) is 2.38. The largest absolute Gasteiger partial charge is 0.381 e. The molecule has 0 spiro atoms. The van der Waals surface area contributed by atoms with E-state index in [-0.39, 0.29) is 17.7 Å². The molecule has 0 aliphatic carbocycles.